The maximum atomic E-state index is 12.9. The van der Waals surface area contributed by atoms with E-state index in [0.717, 1.165) is 43.5 Å². The Morgan fingerprint density at radius 1 is 1.03 bits per heavy atom. The van der Waals surface area contributed by atoms with Crippen LogP contribution in [0.15, 0.2) is 47.4 Å². The van der Waals surface area contributed by atoms with E-state index < -0.39 is 0 Å². The van der Waals surface area contributed by atoms with Crippen LogP contribution in [-0.2, 0) is 11.3 Å². The van der Waals surface area contributed by atoms with Gasteiger partial charge < -0.3 is 10.2 Å². The van der Waals surface area contributed by atoms with Gasteiger partial charge in [-0.1, -0.05) is 56.0 Å². The fraction of sp³-hybridized carbons (Fsp3) is 0.542. The van der Waals surface area contributed by atoms with Crippen LogP contribution < -0.4 is 15.8 Å². The van der Waals surface area contributed by atoms with Crippen LogP contribution in [0.2, 0.25) is 0 Å². The maximum Gasteiger partial charge on any atom is 0.269 e. The molecule has 1 aromatic carbocycles. The summed E-state index contributed by atoms with van der Waals surface area (Å²) in [5, 5.41) is 7.69. The van der Waals surface area contributed by atoms with E-state index in [4.69, 9.17) is 0 Å². The standard InChI is InChI=1S/C24H32N4O2/c29-23-15-22(16-25-28(23)17-19-9-4-3-5-10-19)27-14-8-11-20(18-27)24(30)26-21-12-6-1-2-7-13-21/h3-5,9-10,15-16,20-21H,1-2,6-8,11-14,17-18H2,(H,26,30)/t20-/m1/s1. The smallest absolute Gasteiger partial charge is 0.269 e. The monoisotopic (exact) mass is 408 g/mol. The van der Waals surface area contributed by atoms with E-state index in [1.165, 1.54) is 30.4 Å². The minimum absolute atomic E-state index is 0.0197. The first-order chi connectivity index (χ1) is 14.7. The van der Waals surface area contributed by atoms with Crippen LogP contribution >= 0.6 is 0 Å². The fourth-order valence-electron chi connectivity index (χ4n) is 4.64. The summed E-state index contributed by atoms with van der Waals surface area (Å²) in [6.07, 6.45) is 10.8. The summed E-state index contributed by atoms with van der Waals surface area (Å²) in [6.45, 7) is 1.98. The van der Waals surface area contributed by atoms with E-state index in [1.807, 2.05) is 30.3 Å². The molecule has 6 nitrogen and oxygen atoms in total. The highest BCUT2D eigenvalue weighted by molar-refractivity contribution is 5.80. The zero-order chi connectivity index (χ0) is 20.8. The number of rotatable bonds is 5. The predicted octanol–water partition coefficient (Wildman–Crippen LogP) is 3.35. The molecule has 1 atom stereocenters. The highest BCUT2D eigenvalue weighted by Gasteiger charge is 2.28. The molecule has 2 aliphatic rings. The van der Waals surface area contributed by atoms with Crippen LogP contribution in [0, 0.1) is 5.92 Å². The molecule has 1 saturated carbocycles. The minimum Gasteiger partial charge on any atom is -0.369 e. The molecule has 1 saturated heterocycles. The van der Waals surface area contributed by atoms with Gasteiger partial charge in [-0.3, -0.25) is 9.59 Å². The highest BCUT2D eigenvalue weighted by Crippen LogP contribution is 2.23. The number of carbonyl (C=O) groups excluding carboxylic acids is 1. The quantitative estimate of drug-likeness (QED) is 0.771. The van der Waals surface area contributed by atoms with Crippen molar-refractivity contribution in [3.05, 3.63) is 58.5 Å². The van der Waals surface area contributed by atoms with Crippen molar-refractivity contribution in [2.45, 2.75) is 64.0 Å². The Hall–Kier alpha value is -2.63. The lowest BCUT2D eigenvalue weighted by Crippen LogP contribution is -2.46. The van der Waals surface area contributed by atoms with Crippen LogP contribution in [0.5, 0.6) is 0 Å². The Kier molecular flexibility index (Phi) is 6.82. The molecule has 2 fully saturated rings. The average molecular weight is 409 g/mol. The zero-order valence-corrected chi connectivity index (χ0v) is 17.6. The van der Waals surface area contributed by atoms with Gasteiger partial charge in [0.1, 0.15) is 0 Å². The van der Waals surface area contributed by atoms with Gasteiger partial charge in [-0.05, 0) is 31.2 Å². The first-order valence-corrected chi connectivity index (χ1v) is 11.4. The lowest BCUT2D eigenvalue weighted by Gasteiger charge is -2.34. The van der Waals surface area contributed by atoms with E-state index in [-0.39, 0.29) is 17.4 Å². The van der Waals surface area contributed by atoms with Crippen LogP contribution in [0.4, 0.5) is 5.69 Å². The van der Waals surface area contributed by atoms with Crippen molar-refractivity contribution in [3.8, 4) is 0 Å². The summed E-state index contributed by atoms with van der Waals surface area (Å²) < 4.78 is 1.49. The van der Waals surface area contributed by atoms with Crippen LogP contribution in [0.3, 0.4) is 0 Å². The predicted molar refractivity (Wildman–Crippen MR) is 119 cm³/mol. The molecule has 1 aliphatic heterocycles. The topological polar surface area (TPSA) is 67.2 Å². The lowest BCUT2D eigenvalue weighted by molar-refractivity contribution is -0.126. The number of nitrogens with zero attached hydrogens (tertiary/aromatic N) is 3. The second kappa shape index (κ2) is 9.92. The van der Waals surface area contributed by atoms with E-state index in [2.05, 4.69) is 15.3 Å². The van der Waals surface area contributed by atoms with Gasteiger partial charge in [0.15, 0.2) is 0 Å². The number of carbonyl (C=O) groups is 1. The van der Waals surface area contributed by atoms with Crippen molar-refractivity contribution >= 4 is 11.6 Å². The molecule has 160 valence electrons. The van der Waals surface area contributed by atoms with E-state index in [1.54, 1.807) is 12.3 Å². The average Bonchev–Trinajstić information content (AvgIpc) is 3.04. The SMILES string of the molecule is O=C(NC1CCCCCC1)[C@@H]1CCCN(c2cnn(Cc3ccccc3)c(=O)c2)C1. The van der Waals surface area contributed by atoms with E-state index in [9.17, 15) is 9.59 Å². The van der Waals surface area contributed by atoms with Gasteiger partial charge in [0.05, 0.1) is 24.3 Å². The molecule has 2 heterocycles. The molecular formula is C24H32N4O2. The summed E-state index contributed by atoms with van der Waals surface area (Å²) >= 11 is 0. The van der Waals surface area contributed by atoms with Gasteiger partial charge in [0.2, 0.25) is 5.91 Å². The summed E-state index contributed by atoms with van der Waals surface area (Å²) in [7, 11) is 0. The first kappa shape index (κ1) is 20.6. The number of nitrogens with one attached hydrogen (secondary N) is 1. The van der Waals surface area contributed by atoms with Gasteiger partial charge in [-0.2, -0.15) is 5.10 Å². The Bertz CT molecular complexity index is 888. The number of hydrogen-bond donors (Lipinski definition) is 1. The van der Waals surface area contributed by atoms with Gasteiger partial charge in [0, 0.05) is 25.2 Å². The third kappa shape index (κ3) is 5.29. The van der Waals surface area contributed by atoms with Crippen molar-refractivity contribution in [1.29, 1.82) is 0 Å². The Morgan fingerprint density at radius 3 is 2.53 bits per heavy atom. The Labute approximate surface area is 178 Å². The van der Waals surface area contributed by atoms with Crippen molar-refractivity contribution in [2.75, 3.05) is 18.0 Å². The molecular weight excluding hydrogens is 376 g/mol. The first-order valence-electron chi connectivity index (χ1n) is 11.4. The summed E-state index contributed by atoms with van der Waals surface area (Å²) in [4.78, 5) is 27.6. The molecule has 2 aromatic rings. The number of piperidine rings is 1. The largest absolute Gasteiger partial charge is 0.369 e. The molecule has 1 N–H and O–H groups in total. The Morgan fingerprint density at radius 2 is 1.80 bits per heavy atom. The molecule has 4 rings (SSSR count). The highest BCUT2D eigenvalue weighted by atomic mass is 16.2. The number of aromatic nitrogens is 2. The van der Waals surface area contributed by atoms with Gasteiger partial charge >= 0.3 is 0 Å². The fourth-order valence-corrected chi connectivity index (χ4v) is 4.64. The number of amides is 1. The maximum absolute atomic E-state index is 12.9. The molecule has 0 radical (unpaired) electrons. The minimum atomic E-state index is -0.110. The summed E-state index contributed by atoms with van der Waals surface area (Å²) in [6, 6.07) is 11.8. The number of hydrogen-bond acceptors (Lipinski definition) is 4. The van der Waals surface area contributed by atoms with E-state index in [0.29, 0.717) is 19.1 Å². The molecule has 30 heavy (non-hydrogen) atoms. The number of benzene rings is 1. The second-order valence-electron chi connectivity index (χ2n) is 8.68. The van der Waals surface area contributed by atoms with Crippen LogP contribution in [0.25, 0.3) is 0 Å². The van der Waals surface area contributed by atoms with Crippen LogP contribution in [0.1, 0.15) is 56.9 Å². The van der Waals surface area contributed by atoms with Crippen molar-refractivity contribution < 1.29 is 4.79 Å². The Balaban J connectivity index is 1.38. The van der Waals surface area contributed by atoms with Crippen molar-refractivity contribution in [1.82, 2.24) is 15.1 Å². The molecule has 1 aromatic heterocycles. The van der Waals surface area contributed by atoms with Crippen LogP contribution in [-0.4, -0.2) is 34.8 Å². The van der Waals surface area contributed by atoms with Gasteiger partial charge in [-0.25, -0.2) is 4.68 Å². The molecule has 6 heteroatoms. The lowest BCUT2D eigenvalue weighted by atomic mass is 9.96. The molecule has 0 bridgehead atoms. The third-order valence-electron chi connectivity index (χ3n) is 6.39. The summed E-state index contributed by atoms with van der Waals surface area (Å²) in [5.74, 6) is 0.158. The van der Waals surface area contributed by atoms with Gasteiger partial charge in [-0.15, -0.1) is 0 Å². The van der Waals surface area contributed by atoms with Gasteiger partial charge in [0.25, 0.3) is 5.56 Å². The second-order valence-corrected chi connectivity index (χ2v) is 8.68. The zero-order valence-electron chi connectivity index (χ0n) is 17.6. The third-order valence-corrected chi connectivity index (χ3v) is 6.39. The molecule has 1 amide bonds. The summed E-state index contributed by atoms with van der Waals surface area (Å²) in [5.41, 5.74) is 1.76. The number of anilines is 1. The molecule has 0 unspecified atom stereocenters. The van der Waals surface area contributed by atoms with Crippen molar-refractivity contribution in [2.24, 2.45) is 5.92 Å². The van der Waals surface area contributed by atoms with Crippen molar-refractivity contribution in [3.63, 3.8) is 0 Å². The van der Waals surface area contributed by atoms with E-state index >= 15 is 0 Å². The molecule has 1 aliphatic carbocycles. The normalized spacial score (nSPS) is 20.5. The molecule has 0 spiro atoms.